The molecule has 0 bridgehead atoms. The van der Waals surface area contributed by atoms with Crippen molar-refractivity contribution < 1.29 is 14.0 Å². The number of amides is 2. The highest BCUT2D eigenvalue weighted by atomic mass is 32.1. The number of rotatable bonds is 5. The average molecular weight is 376 g/mol. The van der Waals surface area contributed by atoms with Crippen molar-refractivity contribution >= 4 is 23.3 Å². The Hall–Kier alpha value is -2.22. The third kappa shape index (κ3) is 4.12. The zero-order valence-corrected chi connectivity index (χ0v) is 16.1. The molecule has 2 amide bonds. The van der Waals surface area contributed by atoms with Gasteiger partial charge in [-0.15, -0.1) is 5.10 Å². The zero-order valence-electron chi connectivity index (χ0n) is 15.3. The number of nitrogens with one attached hydrogen (secondary N) is 1. The van der Waals surface area contributed by atoms with Gasteiger partial charge < -0.3 is 14.6 Å². The van der Waals surface area contributed by atoms with Crippen molar-refractivity contribution in [3.05, 3.63) is 35.2 Å². The fraction of sp³-hybridized carbons (Fsp3) is 0.556. The molecular weight excluding hydrogens is 352 g/mol. The summed E-state index contributed by atoms with van der Waals surface area (Å²) in [5, 5.41) is 8.52. The summed E-state index contributed by atoms with van der Waals surface area (Å²) < 4.78 is 9.35. The van der Waals surface area contributed by atoms with E-state index in [0.717, 1.165) is 37.2 Å². The van der Waals surface area contributed by atoms with Crippen LogP contribution in [0.5, 0.6) is 0 Å². The van der Waals surface area contributed by atoms with E-state index in [9.17, 15) is 9.59 Å². The third-order valence-corrected chi connectivity index (χ3v) is 4.87. The molecule has 1 atom stereocenters. The molecule has 1 saturated carbocycles. The Labute approximate surface area is 156 Å². The van der Waals surface area contributed by atoms with E-state index in [-0.39, 0.29) is 23.6 Å². The highest BCUT2D eigenvalue weighted by Gasteiger charge is 2.41. The van der Waals surface area contributed by atoms with E-state index in [1.165, 1.54) is 6.26 Å². The monoisotopic (exact) mass is 376 g/mol. The SMILES string of the molecule is CC(C)(C)NC(=O)[C@H](c1ccco1)N(C(=O)c1csnn1)C1CCCC1. The molecule has 0 saturated heterocycles. The van der Waals surface area contributed by atoms with Gasteiger partial charge in [-0.05, 0) is 57.3 Å². The number of hydrogen-bond acceptors (Lipinski definition) is 6. The maximum Gasteiger partial charge on any atom is 0.276 e. The lowest BCUT2D eigenvalue weighted by molar-refractivity contribution is -0.128. The molecule has 2 aromatic heterocycles. The Balaban J connectivity index is 2.00. The zero-order chi connectivity index (χ0) is 18.7. The molecule has 140 valence electrons. The van der Waals surface area contributed by atoms with Crippen molar-refractivity contribution in [3.63, 3.8) is 0 Å². The minimum atomic E-state index is -0.832. The molecule has 1 aliphatic carbocycles. The first-order chi connectivity index (χ1) is 12.4. The summed E-state index contributed by atoms with van der Waals surface area (Å²) >= 11 is 1.12. The van der Waals surface area contributed by atoms with Gasteiger partial charge in [-0.25, -0.2) is 0 Å². The number of carbonyl (C=O) groups excluding carboxylic acids is 2. The molecule has 1 fully saturated rings. The van der Waals surface area contributed by atoms with E-state index in [1.807, 2.05) is 20.8 Å². The largest absolute Gasteiger partial charge is 0.467 e. The Morgan fingerprint density at radius 2 is 2.08 bits per heavy atom. The van der Waals surface area contributed by atoms with E-state index >= 15 is 0 Å². The number of nitrogens with zero attached hydrogens (tertiary/aromatic N) is 3. The first-order valence-electron chi connectivity index (χ1n) is 8.82. The summed E-state index contributed by atoms with van der Waals surface area (Å²) in [4.78, 5) is 28.0. The van der Waals surface area contributed by atoms with Crippen LogP contribution in [0.4, 0.5) is 0 Å². The third-order valence-electron chi connectivity index (χ3n) is 4.37. The minimum Gasteiger partial charge on any atom is -0.467 e. The van der Waals surface area contributed by atoms with Crippen molar-refractivity contribution in [3.8, 4) is 0 Å². The number of aromatic nitrogens is 2. The topological polar surface area (TPSA) is 88.3 Å². The van der Waals surface area contributed by atoms with Gasteiger partial charge in [0.25, 0.3) is 11.8 Å². The van der Waals surface area contributed by atoms with E-state index in [1.54, 1.807) is 22.4 Å². The maximum absolute atomic E-state index is 13.2. The van der Waals surface area contributed by atoms with Crippen LogP contribution in [0.3, 0.4) is 0 Å². The Bertz CT molecular complexity index is 731. The van der Waals surface area contributed by atoms with Crippen molar-refractivity contribution in [2.75, 3.05) is 0 Å². The van der Waals surface area contributed by atoms with Gasteiger partial charge in [0, 0.05) is 17.0 Å². The maximum atomic E-state index is 13.2. The van der Waals surface area contributed by atoms with Gasteiger partial charge in [0.2, 0.25) is 0 Å². The highest BCUT2D eigenvalue weighted by Crippen LogP contribution is 2.33. The molecule has 0 radical (unpaired) electrons. The lowest BCUT2D eigenvalue weighted by Gasteiger charge is -2.35. The van der Waals surface area contributed by atoms with Crippen LogP contribution in [0.25, 0.3) is 0 Å². The van der Waals surface area contributed by atoms with Gasteiger partial charge in [-0.2, -0.15) is 0 Å². The molecule has 26 heavy (non-hydrogen) atoms. The van der Waals surface area contributed by atoms with Crippen LogP contribution in [0, 0.1) is 0 Å². The van der Waals surface area contributed by atoms with Crippen LogP contribution in [0.2, 0.25) is 0 Å². The Morgan fingerprint density at radius 1 is 1.35 bits per heavy atom. The summed E-state index contributed by atoms with van der Waals surface area (Å²) in [7, 11) is 0. The highest BCUT2D eigenvalue weighted by molar-refractivity contribution is 7.03. The molecule has 0 unspecified atom stereocenters. The summed E-state index contributed by atoms with van der Waals surface area (Å²) in [6.07, 6.45) is 5.33. The van der Waals surface area contributed by atoms with Gasteiger partial charge >= 0.3 is 0 Å². The van der Waals surface area contributed by atoms with Crippen molar-refractivity contribution in [2.24, 2.45) is 0 Å². The summed E-state index contributed by atoms with van der Waals surface area (Å²) in [5.41, 5.74) is -0.156. The summed E-state index contributed by atoms with van der Waals surface area (Å²) in [6.45, 7) is 5.74. The average Bonchev–Trinajstić information content (AvgIpc) is 3.33. The van der Waals surface area contributed by atoms with Crippen molar-refractivity contribution in [2.45, 2.75) is 64.1 Å². The number of furan rings is 1. The molecule has 0 aromatic carbocycles. The quantitative estimate of drug-likeness (QED) is 0.866. The molecule has 0 aliphatic heterocycles. The second-order valence-electron chi connectivity index (χ2n) is 7.60. The smallest absolute Gasteiger partial charge is 0.276 e. The van der Waals surface area contributed by atoms with E-state index in [2.05, 4.69) is 14.9 Å². The molecule has 0 spiro atoms. The molecule has 8 heteroatoms. The lowest BCUT2D eigenvalue weighted by Crippen LogP contribution is -2.51. The van der Waals surface area contributed by atoms with Gasteiger partial charge in [0.1, 0.15) is 5.76 Å². The van der Waals surface area contributed by atoms with E-state index < -0.39 is 11.6 Å². The fourth-order valence-corrected chi connectivity index (χ4v) is 3.77. The second-order valence-corrected chi connectivity index (χ2v) is 8.21. The van der Waals surface area contributed by atoms with Crippen LogP contribution in [-0.2, 0) is 4.79 Å². The van der Waals surface area contributed by atoms with Gasteiger partial charge in [0.15, 0.2) is 11.7 Å². The van der Waals surface area contributed by atoms with E-state index in [0.29, 0.717) is 5.76 Å². The molecule has 7 nitrogen and oxygen atoms in total. The normalized spacial score (nSPS) is 16.4. The number of carbonyl (C=O) groups is 2. The molecule has 1 aliphatic rings. The van der Waals surface area contributed by atoms with Crippen LogP contribution < -0.4 is 5.32 Å². The van der Waals surface area contributed by atoms with Crippen LogP contribution in [0.1, 0.15) is 68.7 Å². The van der Waals surface area contributed by atoms with Gasteiger partial charge in [-0.3, -0.25) is 9.59 Å². The van der Waals surface area contributed by atoms with Crippen LogP contribution in [-0.4, -0.2) is 37.9 Å². The fourth-order valence-electron chi connectivity index (χ4n) is 3.34. The van der Waals surface area contributed by atoms with Crippen molar-refractivity contribution in [1.29, 1.82) is 0 Å². The van der Waals surface area contributed by atoms with Crippen molar-refractivity contribution in [1.82, 2.24) is 19.8 Å². The van der Waals surface area contributed by atoms with Gasteiger partial charge in [0.05, 0.1) is 6.26 Å². The van der Waals surface area contributed by atoms with E-state index in [4.69, 9.17) is 4.42 Å². The predicted molar refractivity (Wildman–Crippen MR) is 97.7 cm³/mol. The molecule has 2 heterocycles. The Morgan fingerprint density at radius 3 is 2.62 bits per heavy atom. The lowest BCUT2D eigenvalue weighted by atomic mass is 10.0. The summed E-state index contributed by atoms with van der Waals surface area (Å²) in [6, 6.07) is 2.61. The van der Waals surface area contributed by atoms with Crippen LogP contribution in [0.15, 0.2) is 28.2 Å². The first kappa shape index (κ1) is 18.6. The molecule has 2 aromatic rings. The summed E-state index contributed by atoms with van der Waals surface area (Å²) in [5.74, 6) is -0.0813. The second kappa shape index (κ2) is 7.57. The number of hydrogen-bond donors (Lipinski definition) is 1. The minimum absolute atomic E-state index is 0.0231. The van der Waals surface area contributed by atoms with Crippen LogP contribution >= 0.6 is 11.5 Å². The molecule has 3 rings (SSSR count). The molecule has 1 N–H and O–H groups in total. The first-order valence-corrected chi connectivity index (χ1v) is 9.65. The molecular formula is C18H24N4O3S. The predicted octanol–water partition coefficient (Wildman–Crippen LogP) is 3.17. The van der Waals surface area contributed by atoms with Gasteiger partial charge in [-0.1, -0.05) is 17.3 Å². The Kier molecular flexibility index (Phi) is 5.41. The standard InChI is InChI=1S/C18H24N4O3S/c1-18(2,3)19-16(23)15(14-9-6-10-25-14)22(12-7-4-5-8-12)17(24)13-11-26-21-20-13/h6,9-12,15H,4-5,7-8H2,1-3H3,(H,19,23)/t15-/m0/s1.